The Hall–Kier alpha value is -3.19. The minimum Gasteiger partial charge on any atom is -0.319 e. The molecule has 1 aliphatic heterocycles. The maximum absolute atomic E-state index is 12.6. The number of nitrogens with zero attached hydrogens (tertiary/aromatic N) is 4. The third-order valence-electron chi connectivity index (χ3n) is 4.67. The molecular formula is C20H17N5OS. The number of benzene rings is 2. The summed E-state index contributed by atoms with van der Waals surface area (Å²) in [5.74, 6) is 0.744. The van der Waals surface area contributed by atoms with Crippen LogP contribution in [0, 0.1) is 0 Å². The molecule has 3 heterocycles. The smallest absolute Gasteiger partial charge is 0.319 e. The topological polar surface area (TPSA) is 62.5 Å². The zero-order chi connectivity index (χ0) is 18.2. The van der Waals surface area contributed by atoms with Crippen LogP contribution in [0.1, 0.15) is 10.6 Å². The molecule has 5 rings (SSSR count). The number of hydrogen-bond donors (Lipinski definition) is 1. The van der Waals surface area contributed by atoms with Gasteiger partial charge in [-0.25, -0.2) is 9.31 Å². The molecule has 0 bridgehead atoms. The largest absolute Gasteiger partial charge is 0.322 e. The Labute approximate surface area is 160 Å². The van der Waals surface area contributed by atoms with Gasteiger partial charge in [0.25, 0.3) is 0 Å². The molecule has 2 aromatic carbocycles. The van der Waals surface area contributed by atoms with Crippen LogP contribution >= 0.6 is 11.3 Å². The first-order valence-corrected chi connectivity index (χ1v) is 9.63. The van der Waals surface area contributed by atoms with Crippen molar-refractivity contribution in [1.29, 1.82) is 0 Å². The van der Waals surface area contributed by atoms with Crippen molar-refractivity contribution in [3.63, 3.8) is 0 Å². The Morgan fingerprint density at radius 1 is 1.04 bits per heavy atom. The lowest BCUT2D eigenvalue weighted by Gasteiger charge is -2.26. The van der Waals surface area contributed by atoms with Crippen molar-refractivity contribution in [1.82, 2.24) is 19.5 Å². The molecule has 4 aromatic rings. The van der Waals surface area contributed by atoms with Crippen LogP contribution < -0.4 is 5.32 Å². The van der Waals surface area contributed by atoms with Crippen molar-refractivity contribution in [2.45, 2.75) is 13.0 Å². The van der Waals surface area contributed by atoms with Gasteiger partial charge < -0.3 is 10.2 Å². The van der Waals surface area contributed by atoms with Gasteiger partial charge in [-0.1, -0.05) is 59.9 Å². The number of aromatic nitrogens is 3. The summed E-state index contributed by atoms with van der Waals surface area (Å²) < 4.78 is 1.94. The van der Waals surface area contributed by atoms with Gasteiger partial charge in [-0.05, 0) is 12.1 Å². The minimum atomic E-state index is -0.0733. The number of amides is 2. The first-order chi connectivity index (χ1) is 13.3. The van der Waals surface area contributed by atoms with E-state index in [2.05, 4.69) is 10.3 Å². The van der Waals surface area contributed by atoms with Crippen molar-refractivity contribution >= 4 is 28.0 Å². The van der Waals surface area contributed by atoms with Crippen molar-refractivity contribution in [3.05, 3.63) is 71.2 Å². The molecule has 27 heavy (non-hydrogen) atoms. The Morgan fingerprint density at radius 2 is 1.78 bits per heavy atom. The van der Waals surface area contributed by atoms with Crippen LogP contribution in [0.3, 0.4) is 0 Å². The van der Waals surface area contributed by atoms with Gasteiger partial charge in [-0.15, -0.1) is 5.10 Å². The lowest BCUT2D eigenvalue weighted by atomic mass is 10.2. The van der Waals surface area contributed by atoms with Crippen LogP contribution in [0.5, 0.6) is 0 Å². The highest BCUT2D eigenvalue weighted by Crippen LogP contribution is 2.29. The fourth-order valence-corrected chi connectivity index (χ4v) is 4.41. The number of urea groups is 1. The van der Waals surface area contributed by atoms with Gasteiger partial charge in [0, 0.05) is 29.1 Å². The maximum atomic E-state index is 12.6. The number of thiazole rings is 1. The molecule has 0 radical (unpaired) electrons. The highest BCUT2D eigenvalue weighted by Gasteiger charge is 2.26. The van der Waals surface area contributed by atoms with Crippen LogP contribution in [0.15, 0.2) is 60.7 Å². The summed E-state index contributed by atoms with van der Waals surface area (Å²) >= 11 is 1.61. The van der Waals surface area contributed by atoms with Gasteiger partial charge in [-0.2, -0.15) is 4.98 Å². The SMILES string of the molecule is O=C(Nc1ccccc1)N1CCc2c(sc3nc(-c4ccccc4)nn23)C1. The summed E-state index contributed by atoms with van der Waals surface area (Å²) in [4.78, 5) is 21.1. The molecule has 0 fully saturated rings. The molecule has 1 aliphatic rings. The maximum Gasteiger partial charge on any atom is 0.322 e. The first-order valence-electron chi connectivity index (χ1n) is 8.81. The summed E-state index contributed by atoms with van der Waals surface area (Å²) in [6, 6.07) is 19.5. The number of rotatable bonds is 2. The zero-order valence-corrected chi connectivity index (χ0v) is 15.3. The number of anilines is 1. The Kier molecular flexibility index (Phi) is 3.86. The second-order valence-electron chi connectivity index (χ2n) is 6.44. The summed E-state index contributed by atoms with van der Waals surface area (Å²) in [7, 11) is 0. The van der Waals surface area contributed by atoms with Crippen molar-refractivity contribution in [3.8, 4) is 11.4 Å². The molecule has 134 valence electrons. The second-order valence-corrected chi connectivity index (χ2v) is 7.50. The predicted octanol–water partition coefficient (Wildman–Crippen LogP) is 4.05. The van der Waals surface area contributed by atoms with E-state index >= 15 is 0 Å². The van der Waals surface area contributed by atoms with E-state index < -0.39 is 0 Å². The average Bonchev–Trinajstić information content (AvgIpc) is 3.27. The molecule has 1 N–H and O–H groups in total. The fourth-order valence-electron chi connectivity index (χ4n) is 3.30. The standard InChI is InChI=1S/C20H17N5OS/c26-19(21-15-9-5-2-6-10-15)24-12-11-16-17(13-24)27-20-22-18(23-25(16)20)14-7-3-1-4-8-14/h1-10H,11-13H2,(H,21,26). The van der Waals surface area contributed by atoms with E-state index in [1.54, 1.807) is 11.3 Å². The summed E-state index contributed by atoms with van der Waals surface area (Å²) in [6.45, 7) is 1.25. The Morgan fingerprint density at radius 3 is 2.56 bits per heavy atom. The number of fused-ring (bicyclic) bond motifs is 3. The average molecular weight is 375 g/mol. The van der Waals surface area contributed by atoms with E-state index in [0.717, 1.165) is 39.0 Å². The molecule has 7 heteroatoms. The van der Waals surface area contributed by atoms with Gasteiger partial charge in [-0.3, -0.25) is 0 Å². The Bertz CT molecular complexity index is 1100. The fraction of sp³-hybridized carbons (Fsp3) is 0.150. The molecular weight excluding hydrogens is 358 g/mol. The summed E-state index contributed by atoms with van der Waals surface area (Å²) in [5, 5.41) is 7.64. The van der Waals surface area contributed by atoms with Crippen LogP contribution in [-0.4, -0.2) is 32.1 Å². The van der Waals surface area contributed by atoms with E-state index in [-0.39, 0.29) is 6.03 Å². The number of carbonyl (C=O) groups excluding carboxylic acids is 1. The number of para-hydroxylation sites is 1. The monoisotopic (exact) mass is 375 g/mol. The van der Waals surface area contributed by atoms with E-state index in [1.807, 2.05) is 70.1 Å². The summed E-state index contributed by atoms with van der Waals surface area (Å²) in [5.41, 5.74) is 2.98. The van der Waals surface area contributed by atoms with E-state index in [9.17, 15) is 4.79 Å². The number of nitrogens with one attached hydrogen (secondary N) is 1. The molecule has 0 atom stereocenters. The Balaban J connectivity index is 1.38. The van der Waals surface area contributed by atoms with E-state index in [4.69, 9.17) is 5.10 Å². The molecule has 0 saturated carbocycles. The second kappa shape index (κ2) is 6.51. The van der Waals surface area contributed by atoms with Crippen LogP contribution in [0.4, 0.5) is 10.5 Å². The lowest BCUT2D eigenvalue weighted by molar-refractivity contribution is 0.206. The molecule has 0 spiro atoms. The number of carbonyl (C=O) groups is 1. The van der Waals surface area contributed by atoms with E-state index in [0.29, 0.717) is 13.1 Å². The minimum absolute atomic E-state index is 0.0733. The van der Waals surface area contributed by atoms with Crippen molar-refractivity contribution in [2.75, 3.05) is 11.9 Å². The number of hydrogen-bond acceptors (Lipinski definition) is 4. The molecule has 0 saturated heterocycles. The third kappa shape index (κ3) is 2.96. The molecule has 2 aromatic heterocycles. The molecule has 0 unspecified atom stereocenters. The molecule has 0 aliphatic carbocycles. The quantitative estimate of drug-likeness (QED) is 0.575. The van der Waals surface area contributed by atoms with Crippen molar-refractivity contribution < 1.29 is 4.79 Å². The van der Waals surface area contributed by atoms with Gasteiger partial charge in [0.15, 0.2) is 5.82 Å². The van der Waals surface area contributed by atoms with Crippen LogP contribution in [0.25, 0.3) is 16.3 Å². The first kappa shape index (κ1) is 16.0. The van der Waals surface area contributed by atoms with E-state index in [1.165, 1.54) is 0 Å². The highest BCUT2D eigenvalue weighted by molar-refractivity contribution is 7.17. The molecule has 6 nitrogen and oxygen atoms in total. The van der Waals surface area contributed by atoms with Crippen LogP contribution in [0.2, 0.25) is 0 Å². The zero-order valence-electron chi connectivity index (χ0n) is 14.5. The van der Waals surface area contributed by atoms with Gasteiger partial charge in [0.1, 0.15) is 0 Å². The highest BCUT2D eigenvalue weighted by atomic mass is 32.1. The van der Waals surface area contributed by atoms with Crippen molar-refractivity contribution in [2.24, 2.45) is 0 Å². The van der Waals surface area contributed by atoms with Crippen LogP contribution in [-0.2, 0) is 13.0 Å². The third-order valence-corrected chi connectivity index (χ3v) is 5.72. The normalized spacial score (nSPS) is 13.6. The van der Waals surface area contributed by atoms with Gasteiger partial charge in [0.2, 0.25) is 4.96 Å². The predicted molar refractivity (Wildman–Crippen MR) is 106 cm³/mol. The lowest BCUT2D eigenvalue weighted by Crippen LogP contribution is -2.38. The van der Waals surface area contributed by atoms with Gasteiger partial charge >= 0.3 is 6.03 Å². The molecule has 2 amide bonds. The summed E-state index contributed by atoms with van der Waals surface area (Å²) in [6.07, 6.45) is 0.773. The van der Waals surface area contributed by atoms with Gasteiger partial charge in [0.05, 0.1) is 12.2 Å².